The first-order chi connectivity index (χ1) is 9.36. The van der Waals surface area contributed by atoms with E-state index in [1.54, 1.807) is 7.11 Å². The van der Waals surface area contributed by atoms with Crippen molar-refractivity contribution in [2.45, 2.75) is 25.0 Å². The number of anilines is 1. The quantitative estimate of drug-likeness (QED) is 0.898. The van der Waals surface area contributed by atoms with Crippen molar-refractivity contribution in [1.29, 1.82) is 0 Å². The number of hydrogen-bond donors (Lipinski definition) is 1. The molecule has 0 aliphatic carbocycles. The van der Waals surface area contributed by atoms with Crippen molar-refractivity contribution in [2.75, 3.05) is 38.3 Å². The molecule has 104 valence electrons. The fraction of sp³-hybridized carbons (Fsp3) is 0.600. The zero-order valence-corrected chi connectivity index (χ0v) is 11.5. The van der Waals surface area contributed by atoms with Crippen LogP contribution in [0, 0.1) is 0 Å². The van der Waals surface area contributed by atoms with Crippen LogP contribution in [0.2, 0.25) is 0 Å². The van der Waals surface area contributed by atoms with Gasteiger partial charge in [0, 0.05) is 32.8 Å². The van der Waals surface area contributed by atoms with E-state index in [1.165, 1.54) is 5.69 Å². The largest absolute Gasteiger partial charge is 0.491 e. The number of methoxy groups -OCH3 is 1. The summed E-state index contributed by atoms with van der Waals surface area (Å²) in [5, 5.41) is 3.55. The summed E-state index contributed by atoms with van der Waals surface area (Å²) >= 11 is 0. The molecule has 0 amide bonds. The van der Waals surface area contributed by atoms with Crippen LogP contribution in [0.4, 0.5) is 5.69 Å². The number of rotatable bonds is 3. The highest BCUT2D eigenvalue weighted by Gasteiger charge is 2.26. The molecule has 1 fully saturated rings. The average molecular weight is 262 g/mol. The van der Waals surface area contributed by atoms with Gasteiger partial charge in [0.1, 0.15) is 5.75 Å². The second kappa shape index (κ2) is 5.80. The molecular weight excluding hydrogens is 240 g/mol. The summed E-state index contributed by atoms with van der Waals surface area (Å²) in [4.78, 5) is 2.44. The van der Waals surface area contributed by atoms with Crippen LogP contribution in [0.3, 0.4) is 0 Å². The summed E-state index contributed by atoms with van der Waals surface area (Å²) in [6, 6.07) is 8.85. The highest BCUT2D eigenvalue weighted by Crippen LogP contribution is 2.31. The third-order valence-electron chi connectivity index (χ3n) is 3.99. The van der Waals surface area contributed by atoms with Crippen molar-refractivity contribution in [2.24, 2.45) is 0 Å². The maximum absolute atomic E-state index is 5.80. The SMILES string of the molecule is COC1CNC(CN2CCCOc3ccccc32)C1. The summed E-state index contributed by atoms with van der Waals surface area (Å²) < 4.78 is 11.2. The van der Waals surface area contributed by atoms with Gasteiger partial charge >= 0.3 is 0 Å². The van der Waals surface area contributed by atoms with Gasteiger partial charge in [-0.1, -0.05) is 12.1 Å². The van der Waals surface area contributed by atoms with E-state index in [2.05, 4.69) is 28.4 Å². The van der Waals surface area contributed by atoms with Gasteiger partial charge in [0.15, 0.2) is 0 Å². The zero-order valence-electron chi connectivity index (χ0n) is 11.5. The monoisotopic (exact) mass is 262 g/mol. The minimum Gasteiger partial charge on any atom is -0.491 e. The maximum Gasteiger partial charge on any atom is 0.142 e. The fourth-order valence-corrected chi connectivity index (χ4v) is 2.95. The Morgan fingerprint density at radius 3 is 3.16 bits per heavy atom. The first-order valence-corrected chi connectivity index (χ1v) is 7.10. The number of nitrogens with zero attached hydrogens (tertiary/aromatic N) is 1. The van der Waals surface area contributed by atoms with Gasteiger partial charge < -0.3 is 19.7 Å². The van der Waals surface area contributed by atoms with Crippen LogP contribution in [0.25, 0.3) is 0 Å². The van der Waals surface area contributed by atoms with E-state index in [0.29, 0.717) is 12.1 Å². The Hall–Kier alpha value is -1.26. The molecule has 2 atom stereocenters. The maximum atomic E-state index is 5.80. The Labute approximate surface area is 114 Å². The van der Waals surface area contributed by atoms with Crippen LogP contribution >= 0.6 is 0 Å². The molecule has 4 nitrogen and oxygen atoms in total. The molecule has 3 rings (SSSR count). The van der Waals surface area contributed by atoms with Crippen LogP contribution in [0.5, 0.6) is 5.75 Å². The molecule has 0 spiro atoms. The van der Waals surface area contributed by atoms with Gasteiger partial charge in [-0.25, -0.2) is 0 Å². The van der Waals surface area contributed by atoms with Crippen molar-refractivity contribution in [3.8, 4) is 5.75 Å². The normalized spacial score (nSPS) is 26.7. The molecular formula is C15H22N2O2. The van der Waals surface area contributed by atoms with Crippen molar-refractivity contribution in [3.05, 3.63) is 24.3 Å². The van der Waals surface area contributed by atoms with Crippen LogP contribution in [0.1, 0.15) is 12.8 Å². The van der Waals surface area contributed by atoms with E-state index in [4.69, 9.17) is 9.47 Å². The van der Waals surface area contributed by atoms with E-state index in [-0.39, 0.29) is 0 Å². The molecule has 2 aliphatic rings. The van der Waals surface area contributed by atoms with Crippen molar-refractivity contribution < 1.29 is 9.47 Å². The number of nitrogens with one attached hydrogen (secondary N) is 1. The zero-order chi connectivity index (χ0) is 13.1. The number of hydrogen-bond acceptors (Lipinski definition) is 4. The predicted molar refractivity (Wildman–Crippen MR) is 76.0 cm³/mol. The van der Waals surface area contributed by atoms with Gasteiger partial charge in [0.2, 0.25) is 0 Å². The first-order valence-electron chi connectivity index (χ1n) is 7.10. The van der Waals surface area contributed by atoms with Crippen molar-refractivity contribution >= 4 is 5.69 Å². The van der Waals surface area contributed by atoms with E-state index in [9.17, 15) is 0 Å². The number of fused-ring (bicyclic) bond motifs is 1. The molecule has 2 unspecified atom stereocenters. The van der Waals surface area contributed by atoms with Crippen LogP contribution < -0.4 is 15.0 Å². The Bertz CT molecular complexity index is 424. The summed E-state index contributed by atoms with van der Waals surface area (Å²) in [5.74, 6) is 1.02. The van der Waals surface area contributed by atoms with E-state index in [0.717, 1.165) is 44.8 Å². The Balaban J connectivity index is 1.70. The third-order valence-corrected chi connectivity index (χ3v) is 3.99. The van der Waals surface area contributed by atoms with Gasteiger partial charge in [-0.2, -0.15) is 0 Å². The van der Waals surface area contributed by atoms with Gasteiger partial charge in [-0.3, -0.25) is 0 Å². The van der Waals surface area contributed by atoms with E-state index in [1.807, 2.05) is 6.07 Å². The molecule has 1 aromatic carbocycles. The molecule has 0 radical (unpaired) electrons. The third kappa shape index (κ3) is 2.85. The van der Waals surface area contributed by atoms with Crippen molar-refractivity contribution in [1.82, 2.24) is 5.32 Å². The highest BCUT2D eigenvalue weighted by molar-refractivity contribution is 5.59. The number of para-hydroxylation sites is 2. The molecule has 0 saturated carbocycles. The topological polar surface area (TPSA) is 33.7 Å². The lowest BCUT2D eigenvalue weighted by atomic mass is 10.1. The van der Waals surface area contributed by atoms with Crippen LogP contribution in [-0.2, 0) is 4.74 Å². The number of benzene rings is 1. The predicted octanol–water partition coefficient (Wildman–Crippen LogP) is 1.65. The molecule has 2 heterocycles. The van der Waals surface area contributed by atoms with Gasteiger partial charge in [0.05, 0.1) is 18.4 Å². The molecule has 1 saturated heterocycles. The second-order valence-corrected chi connectivity index (χ2v) is 5.31. The lowest BCUT2D eigenvalue weighted by Crippen LogP contribution is -2.37. The fourth-order valence-electron chi connectivity index (χ4n) is 2.95. The van der Waals surface area contributed by atoms with Crippen molar-refractivity contribution in [3.63, 3.8) is 0 Å². The molecule has 1 aromatic rings. The van der Waals surface area contributed by atoms with Crippen LogP contribution in [-0.4, -0.2) is 45.5 Å². The Morgan fingerprint density at radius 2 is 2.32 bits per heavy atom. The standard InChI is InChI=1S/C15H22N2O2/c1-18-13-9-12(16-10-13)11-17-7-4-8-19-15-6-3-2-5-14(15)17/h2-3,5-6,12-13,16H,4,7-11H2,1H3. The smallest absolute Gasteiger partial charge is 0.142 e. The second-order valence-electron chi connectivity index (χ2n) is 5.31. The molecule has 4 heteroatoms. The number of ether oxygens (including phenoxy) is 2. The lowest BCUT2D eigenvalue weighted by molar-refractivity contribution is 0.117. The summed E-state index contributed by atoms with van der Waals surface area (Å²) in [6.45, 7) is 3.87. The van der Waals surface area contributed by atoms with Crippen LogP contribution in [0.15, 0.2) is 24.3 Å². The molecule has 2 aliphatic heterocycles. The van der Waals surface area contributed by atoms with Gasteiger partial charge in [-0.15, -0.1) is 0 Å². The molecule has 0 aromatic heterocycles. The van der Waals surface area contributed by atoms with E-state index < -0.39 is 0 Å². The summed E-state index contributed by atoms with van der Waals surface area (Å²) in [5.41, 5.74) is 1.22. The first kappa shape index (κ1) is 12.8. The summed E-state index contributed by atoms with van der Waals surface area (Å²) in [7, 11) is 1.80. The average Bonchev–Trinajstić information content (AvgIpc) is 2.80. The lowest BCUT2D eigenvalue weighted by Gasteiger charge is -2.27. The Kier molecular flexibility index (Phi) is 3.89. The van der Waals surface area contributed by atoms with Gasteiger partial charge in [-0.05, 0) is 25.0 Å². The molecule has 1 N–H and O–H groups in total. The highest BCUT2D eigenvalue weighted by atomic mass is 16.5. The minimum absolute atomic E-state index is 0.364. The molecule has 0 bridgehead atoms. The van der Waals surface area contributed by atoms with Gasteiger partial charge in [0.25, 0.3) is 0 Å². The minimum atomic E-state index is 0.364. The molecule has 19 heavy (non-hydrogen) atoms. The Morgan fingerprint density at radius 1 is 1.42 bits per heavy atom. The van der Waals surface area contributed by atoms with E-state index >= 15 is 0 Å². The summed E-state index contributed by atoms with van der Waals surface area (Å²) in [6.07, 6.45) is 2.54.